The maximum atomic E-state index is 12.3. The van der Waals surface area contributed by atoms with E-state index in [2.05, 4.69) is 25.3 Å². The second-order valence-electron chi connectivity index (χ2n) is 5.91. The van der Waals surface area contributed by atoms with E-state index < -0.39 is 0 Å². The molecule has 126 valence electrons. The van der Waals surface area contributed by atoms with Gasteiger partial charge in [-0.3, -0.25) is 9.80 Å². The highest BCUT2D eigenvalue weighted by molar-refractivity contribution is 5.87. The molecule has 0 spiro atoms. The van der Waals surface area contributed by atoms with Crippen molar-refractivity contribution in [3.8, 4) is 6.07 Å². The van der Waals surface area contributed by atoms with Gasteiger partial charge in [0.25, 0.3) is 0 Å². The summed E-state index contributed by atoms with van der Waals surface area (Å²) < 4.78 is 0. The minimum Gasteiger partial charge on any atom is -0.355 e. The number of carbonyl (C=O) groups excluding carboxylic acids is 1. The summed E-state index contributed by atoms with van der Waals surface area (Å²) in [4.78, 5) is 24.0. The number of fused-ring (bicyclic) bond motifs is 1. The van der Waals surface area contributed by atoms with Gasteiger partial charge in [-0.2, -0.15) is 5.26 Å². The van der Waals surface area contributed by atoms with E-state index in [0.29, 0.717) is 19.5 Å². The molecule has 2 aromatic heterocycles. The van der Waals surface area contributed by atoms with Crippen LogP contribution in [0, 0.1) is 17.2 Å². The first-order valence-corrected chi connectivity index (χ1v) is 8.12. The molecule has 2 aromatic rings. The van der Waals surface area contributed by atoms with E-state index in [1.54, 1.807) is 6.33 Å². The van der Waals surface area contributed by atoms with Gasteiger partial charge in [0.05, 0.1) is 23.8 Å². The van der Waals surface area contributed by atoms with E-state index in [-0.39, 0.29) is 11.8 Å². The number of nitriles is 1. The molecule has 0 aliphatic carbocycles. The minimum atomic E-state index is -0.0663. The predicted octanol–water partition coefficient (Wildman–Crippen LogP) is 1.05. The van der Waals surface area contributed by atoms with Gasteiger partial charge in [0.2, 0.25) is 5.91 Å². The Kier molecular flexibility index (Phi) is 4.91. The fourth-order valence-corrected chi connectivity index (χ4v) is 3.08. The number of hydrazine groups is 1. The van der Waals surface area contributed by atoms with Crippen LogP contribution in [0.15, 0.2) is 18.6 Å². The topological polar surface area (TPSA) is 101 Å². The second kappa shape index (κ2) is 7.27. The molecule has 0 bridgehead atoms. The van der Waals surface area contributed by atoms with Gasteiger partial charge >= 0.3 is 0 Å². The molecule has 1 atom stereocenters. The molecule has 8 nitrogen and oxygen atoms in total. The van der Waals surface area contributed by atoms with Crippen LogP contribution in [-0.2, 0) is 4.79 Å². The molecule has 0 aromatic carbocycles. The van der Waals surface area contributed by atoms with Gasteiger partial charge in [-0.25, -0.2) is 15.0 Å². The number of hydrogen-bond acceptors (Lipinski definition) is 6. The van der Waals surface area contributed by atoms with Crippen LogP contribution in [0.4, 0.5) is 5.82 Å². The lowest BCUT2D eigenvalue weighted by molar-refractivity contribution is -0.126. The molecule has 0 saturated carbocycles. The highest BCUT2D eigenvalue weighted by atomic mass is 16.1. The highest BCUT2D eigenvalue weighted by Gasteiger charge is 2.28. The van der Waals surface area contributed by atoms with E-state index in [0.717, 1.165) is 36.2 Å². The van der Waals surface area contributed by atoms with Crippen LogP contribution in [0.3, 0.4) is 0 Å². The van der Waals surface area contributed by atoms with Crippen molar-refractivity contribution in [2.24, 2.45) is 5.92 Å². The van der Waals surface area contributed by atoms with Crippen LogP contribution in [0.25, 0.3) is 11.0 Å². The second-order valence-corrected chi connectivity index (χ2v) is 5.91. The van der Waals surface area contributed by atoms with Crippen LogP contribution in [0.1, 0.15) is 19.3 Å². The molecule has 1 aliphatic rings. The molecule has 3 heterocycles. The van der Waals surface area contributed by atoms with Crippen molar-refractivity contribution in [1.82, 2.24) is 25.3 Å². The van der Waals surface area contributed by atoms with Gasteiger partial charge in [0.1, 0.15) is 12.0 Å². The molecule has 1 amide bonds. The van der Waals surface area contributed by atoms with Crippen LogP contribution in [-0.4, -0.2) is 52.5 Å². The highest BCUT2D eigenvalue weighted by Crippen LogP contribution is 2.25. The van der Waals surface area contributed by atoms with Crippen LogP contribution >= 0.6 is 0 Å². The van der Waals surface area contributed by atoms with E-state index in [9.17, 15) is 4.79 Å². The zero-order valence-corrected chi connectivity index (χ0v) is 13.7. The number of anilines is 1. The van der Waals surface area contributed by atoms with Gasteiger partial charge in [-0.15, -0.1) is 0 Å². The number of aromatic nitrogens is 3. The fourth-order valence-electron chi connectivity index (χ4n) is 3.08. The van der Waals surface area contributed by atoms with Gasteiger partial charge in [-0.1, -0.05) is 0 Å². The summed E-state index contributed by atoms with van der Waals surface area (Å²) in [7, 11) is 1.96. The normalized spacial score (nSPS) is 18.2. The maximum absolute atomic E-state index is 12.3. The third-order valence-electron chi connectivity index (χ3n) is 4.37. The molecular formula is C16H21N7O. The third kappa shape index (κ3) is 3.31. The first kappa shape index (κ1) is 16.2. The fraction of sp³-hybridized carbons (Fsp3) is 0.500. The molecule has 1 aliphatic heterocycles. The van der Waals surface area contributed by atoms with E-state index in [4.69, 9.17) is 5.26 Å². The summed E-state index contributed by atoms with van der Waals surface area (Å²) in [6.07, 6.45) is 5.54. The number of carbonyl (C=O) groups is 1. The number of hydrogen-bond donors (Lipinski definition) is 2. The number of amides is 1. The van der Waals surface area contributed by atoms with Crippen molar-refractivity contribution in [3.05, 3.63) is 18.6 Å². The number of H-pyrrole nitrogens is 1. The Morgan fingerprint density at radius 2 is 2.46 bits per heavy atom. The summed E-state index contributed by atoms with van der Waals surface area (Å²) >= 11 is 0. The molecule has 1 fully saturated rings. The third-order valence-corrected chi connectivity index (χ3v) is 4.37. The molecule has 2 N–H and O–H groups in total. The monoisotopic (exact) mass is 327 g/mol. The summed E-state index contributed by atoms with van der Waals surface area (Å²) in [5.41, 5.74) is 0.801. The molecule has 1 unspecified atom stereocenters. The predicted molar refractivity (Wildman–Crippen MR) is 89.8 cm³/mol. The van der Waals surface area contributed by atoms with E-state index in [1.807, 2.05) is 30.4 Å². The Morgan fingerprint density at radius 3 is 3.29 bits per heavy atom. The van der Waals surface area contributed by atoms with Gasteiger partial charge in [0.15, 0.2) is 5.82 Å². The summed E-state index contributed by atoms with van der Waals surface area (Å²) in [5, 5.41) is 16.5. The molecule has 3 rings (SSSR count). The van der Waals surface area contributed by atoms with Gasteiger partial charge in [-0.05, 0) is 18.9 Å². The molecule has 1 saturated heterocycles. The van der Waals surface area contributed by atoms with Crippen molar-refractivity contribution < 1.29 is 4.79 Å². The number of nitrogens with zero attached hydrogens (tertiary/aromatic N) is 5. The van der Waals surface area contributed by atoms with Crippen molar-refractivity contribution in [2.75, 3.05) is 31.7 Å². The van der Waals surface area contributed by atoms with Crippen LogP contribution in [0.2, 0.25) is 0 Å². The number of piperidine rings is 1. The molecule has 0 radical (unpaired) electrons. The van der Waals surface area contributed by atoms with Crippen molar-refractivity contribution >= 4 is 22.8 Å². The zero-order chi connectivity index (χ0) is 16.9. The van der Waals surface area contributed by atoms with E-state index in [1.165, 1.54) is 0 Å². The van der Waals surface area contributed by atoms with Crippen molar-refractivity contribution in [3.63, 3.8) is 0 Å². The minimum absolute atomic E-state index is 0.0258. The zero-order valence-electron chi connectivity index (χ0n) is 13.7. The largest absolute Gasteiger partial charge is 0.355 e. The molecule has 8 heteroatoms. The summed E-state index contributed by atoms with van der Waals surface area (Å²) in [6.45, 7) is 1.94. The average molecular weight is 327 g/mol. The molecular weight excluding hydrogens is 306 g/mol. The van der Waals surface area contributed by atoms with Gasteiger partial charge in [0, 0.05) is 32.9 Å². The lowest BCUT2D eigenvalue weighted by Crippen LogP contribution is -2.50. The van der Waals surface area contributed by atoms with Gasteiger partial charge < -0.3 is 10.3 Å². The quantitative estimate of drug-likeness (QED) is 0.796. The lowest BCUT2D eigenvalue weighted by atomic mass is 9.98. The smallest absolute Gasteiger partial charge is 0.224 e. The summed E-state index contributed by atoms with van der Waals surface area (Å²) in [5.74, 6) is 0.785. The Labute approximate surface area is 140 Å². The average Bonchev–Trinajstić information content (AvgIpc) is 3.10. The first-order valence-electron chi connectivity index (χ1n) is 8.12. The maximum Gasteiger partial charge on any atom is 0.224 e. The Bertz CT molecular complexity index is 750. The van der Waals surface area contributed by atoms with E-state index >= 15 is 0 Å². The van der Waals surface area contributed by atoms with Crippen LogP contribution < -0.4 is 10.3 Å². The van der Waals surface area contributed by atoms with Crippen molar-refractivity contribution in [1.29, 1.82) is 5.26 Å². The summed E-state index contributed by atoms with van der Waals surface area (Å²) in [6, 6.07) is 3.99. The lowest BCUT2D eigenvalue weighted by Gasteiger charge is -2.38. The van der Waals surface area contributed by atoms with Crippen molar-refractivity contribution in [2.45, 2.75) is 19.3 Å². The first-order chi connectivity index (χ1) is 11.7. The number of aromatic amines is 1. The van der Waals surface area contributed by atoms with Crippen LogP contribution in [0.5, 0.6) is 0 Å². The standard InChI is InChI=1S/C16H21N7O/c1-22(15-13-5-8-18-14(13)20-11-21-15)23-9-2-4-12(10-23)16(24)19-7-3-6-17/h5,8,11-12H,2-4,7,9-10H2,1H3,(H,19,24)(H,18,20,21). The Balaban J connectivity index is 1.69. The number of rotatable bonds is 5. The number of nitrogens with one attached hydrogen (secondary N) is 2. The Hall–Kier alpha value is -2.66. The SMILES string of the molecule is CN(c1ncnc2[nH]ccc12)N1CCCC(C(=O)NCCC#N)C1. The molecule has 24 heavy (non-hydrogen) atoms. The Morgan fingerprint density at radius 1 is 1.58 bits per heavy atom.